The molecule has 52 heavy (non-hydrogen) atoms. The van der Waals surface area contributed by atoms with Gasteiger partial charge in [0.1, 0.15) is 41.4 Å². The Bertz CT molecular complexity index is 1790. The lowest BCUT2D eigenvalue weighted by molar-refractivity contribution is 0.00888. The average Bonchev–Trinajstić information content (AvgIpc) is 3.03. The zero-order chi connectivity index (χ0) is 38.6. The van der Waals surface area contributed by atoms with Gasteiger partial charge in [0.05, 0.1) is 12.4 Å². The van der Waals surface area contributed by atoms with E-state index in [1.807, 2.05) is 74.5 Å². The zero-order valence-electron chi connectivity index (χ0n) is 32.5. The topological polar surface area (TPSA) is 108 Å². The van der Waals surface area contributed by atoms with E-state index in [0.717, 1.165) is 57.0 Å². The summed E-state index contributed by atoms with van der Waals surface area (Å²) in [5.74, 6) is 1.55. The summed E-state index contributed by atoms with van der Waals surface area (Å²) >= 11 is 0. The van der Waals surface area contributed by atoms with Gasteiger partial charge in [-0.2, -0.15) is 0 Å². The number of rotatable bonds is 22. The minimum absolute atomic E-state index is 0.0462. The molecule has 288 valence electrons. The number of hydrogen-bond donors (Lipinski definition) is 0. The standard InChI is InChI=1S/C39H59NO8S2Si2/c1-32-26-38(47-19-11-22-49(3,41)42)27-33(2)39(32)36-12-10-13-37(28-36)48-29-35-16-14-34(15-17-35)18-23-50(43,44)40(30-45-20-24-51(4,5)6)31-46-21-25-52(7,8)9/h10,12-18,23,26-28H,11,19-22,24-25,29-31H2,1-9H3. The number of benzene rings is 3. The van der Waals surface area contributed by atoms with Crippen LogP contribution in [0.2, 0.25) is 51.4 Å². The first-order valence-corrected chi connectivity index (χ1v) is 28.8. The maximum atomic E-state index is 13.3. The molecule has 0 aliphatic carbocycles. The van der Waals surface area contributed by atoms with Crippen molar-refractivity contribution < 1.29 is 35.8 Å². The van der Waals surface area contributed by atoms with Crippen LogP contribution in [0.1, 0.15) is 28.7 Å². The van der Waals surface area contributed by atoms with Crippen molar-refractivity contribution in [3.05, 3.63) is 88.3 Å². The van der Waals surface area contributed by atoms with Crippen molar-refractivity contribution in [1.29, 1.82) is 0 Å². The number of hydrogen-bond acceptors (Lipinski definition) is 8. The Morgan fingerprint density at radius 1 is 0.712 bits per heavy atom. The van der Waals surface area contributed by atoms with E-state index in [2.05, 4.69) is 39.3 Å². The van der Waals surface area contributed by atoms with Crippen LogP contribution < -0.4 is 9.47 Å². The quantitative estimate of drug-likeness (QED) is 0.0566. The predicted molar refractivity (Wildman–Crippen MR) is 220 cm³/mol. The second kappa shape index (κ2) is 19.5. The minimum Gasteiger partial charge on any atom is -0.494 e. The van der Waals surface area contributed by atoms with Gasteiger partial charge >= 0.3 is 0 Å². The van der Waals surface area contributed by atoms with Crippen molar-refractivity contribution in [3.8, 4) is 22.6 Å². The first kappa shape index (κ1) is 43.6. The summed E-state index contributed by atoms with van der Waals surface area (Å²) in [6, 6.07) is 21.4. The molecule has 0 heterocycles. The largest absolute Gasteiger partial charge is 0.494 e. The molecule has 0 spiro atoms. The van der Waals surface area contributed by atoms with Crippen LogP contribution in [0.25, 0.3) is 17.2 Å². The van der Waals surface area contributed by atoms with Crippen LogP contribution in [-0.2, 0) is 35.9 Å². The number of ether oxygens (including phenoxy) is 4. The average molecular weight is 790 g/mol. The van der Waals surface area contributed by atoms with Crippen LogP contribution in [0.3, 0.4) is 0 Å². The second-order valence-electron chi connectivity index (χ2n) is 15.8. The number of sulfone groups is 1. The van der Waals surface area contributed by atoms with Gasteiger partial charge in [0.25, 0.3) is 0 Å². The van der Waals surface area contributed by atoms with E-state index in [0.29, 0.717) is 32.8 Å². The Labute approximate surface area is 315 Å². The molecule has 0 saturated heterocycles. The third-order valence-electron chi connectivity index (χ3n) is 8.20. The molecule has 0 unspecified atom stereocenters. The fourth-order valence-electron chi connectivity index (χ4n) is 5.13. The summed E-state index contributed by atoms with van der Waals surface area (Å²) in [5.41, 5.74) is 5.91. The molecular formula is C39H59NO8S2Si2. The highest BCUT2D eigenvalue weighted by Crippen LogP contribution is 2.33. The molecule has 0 bridgehead atoms. The Balaban J connectivity index is 1.61. The monoisotopic (exact) mass is 789 g/mol. The second-order valence-corrected chi connectivity index (χ2v) is 31.1. The smallest absolute Gasteiger partial charge is 0.240 e. The number of aryl methyl sites for hydroxylation is 2. The molecule has 0 aromatic heterocycles. The molecule has 13 heteroatoms. The third-order valence-corrected chi connectivity index (χ3v) is 14.0. The number of nitrogens with zero attached hydrogens (tertiary/aromatic N) is 1. The van der Waals surface area contributed by atoms with Crippen LogP contribution in [0.4, 0.5) is 0 Å². The van der Waals surface area contributed by atoms with Gasteiger partial charge < -0.3 is 18.9 Å². The van der Waals surface area contributed by atoms with Crippen LogP contribution >= 0.6 is 0 Å². The predicted octanol–water partition coefficient (Wildman–Crippen LogP) is 8.59. The van der Waals surface area contributed by atoms with Gasteiger partial charge in [0.15, 0.2) is 0 Å². The van der Waals surface area contributed by atoms with E-state index in [1.54, 1.807) is 6.08 Å². The lowest BCUT2D eigenvalue weighted by atomic mass is 9.95. The van der Waals surface area contributed by atoms with E-state index in [-0.39, 0.29) is 19.2 Å². The Morgan fingerprint density at radius 2 is 1.29 bits per heavy atom. The van der Waals surface area contributed by atoms with Gasteiger partial charge in [-0.25, -0.2) is 16.8 Å². The first-order valence-electron chi connectivity index (χ1n) is 17.8. The molecule has 0 fully saturated rings. The molecule has 0 atom stereocenters. The fraction of sp³-hybridized carbons (Fsp3) is 0.487. The van der Waals surface area contributed by atoms with E-state index >= 15 is 0 Å². The minimum atomic E-state index is -3.78. The Morgan fingerprint density at radius 3 is 1.83 bits per heavy atom. The van der Waals surface area contributed by atoms with Crippen molar-refractivity contribution in [2.75, 3.05) is 45.3 Å². The highest BCUT2D eigenvalue weighted by Gasteiger charge is 2.22. The van der Waals surface area contributed by atoms with Gasteiger partial charge in [0.2, 0.25) is 10.0 Å². The van der Waals surface area contributed by atoms with Crippen molar-refractivity contribution >= 4 is 42.1 Å². The summed E-state index contributed by atoms with van der Waals surface area (Å²) in [6.07, 6.45) is 3.27. The van der Waals surface area contributed by atoms with Crippen molar-refractivity contribution in [2.45, 2.75) is 78.2 Å². The summed E-state index contributed by atoms with van der Waals surface area (Å²) in [7, 11) is -9.41. The van der Waals surface area contributed by atoms with E-state index in [4.69, 9.17) is 18.9 Å². The van der Waals surface area contributed by atoms with E-state index in [9.17, 15) is 16.8 Å². The van der Waals surface area contributed by atoms with Gasteiger partial charge in [-0.15, -0.1) is 4.31 Å². The van der Waals surface area contributed by atoms with Crippen LogP contribution in [-0.4, -0.2) is 82.6 Å². The molecule has 0 amide bonds. The summed E-state index contributed by atoms with van der Waals surface area (Å²) in [4.78, 5) is 0. The van der Waals surface area contributed by atoms with Gasteiger partial charge in [-0.3, -0.25) is 0 Å². The maximum absolute atomic E-state index is 13.3. The van der Waals surface area contributed by atoms with Crippen molar-refractivity contribution in [3.63, 3.8) is 0 Å². The molecule has 0 N–H and O–H groups in total. The van der Waals surface area contributed by atoms with Gasteiger partial charge in [-0.05, 0) is 96.1 Å². The molecule has 3 aromatic carbocycles. The van der Waals surface area contributed by atoms with E-state index < -0.39 is 36.0 Å². The molecule has 9 nitrogen and oxygen atoms in total. The van der Waals surface area contributed by atoms with Crippen LogP contribution in [0, 0.1) is 13.8 Å². The summed E-state index contributed by atoms with van der Waals surface area (Å²) < 4.78 is 74.3. The van der Waals surface area contributed by atoms with E-state index in [1.165, 1.54) is 16.0 Å². The molecular weight excluding hydrogens is 731 g/mol. The zero-order valence-corrected chi connectivity index (χ0v) is 36.2. The molecule has 0 aliphatic heterocycles. The van der Waals surface area contributed by atoms with Crippen LogP contribution in [0.5, 0.6) is 11.5 Å². The lowest BCUT2D eigenvalue weighted by Gasteiger charge is -2.23. The van der Waals surface area contributed by atoms with Gasteiger partial charge in [0, 0.05) is 41.0 Å². The molecule has 0 saturated carbocycles. The van der Waals surface area contributed by atoms with Crippen molar-refractivity contribution in [1.82, 2.24) is 4.31 Å². The molecule has 0 aliphatic rings. The Hall–Kier alpha value is -2.79. The maximum Gasteiger partial charge on any atom is 0.240 e. The first-order chi connectivity index (χ1) is 24.2. The number of sulfonamides is 1. The molecule has 3 aromatic rings. The van der Waals surface area contributed by atoms with Crippen LogP contribution in [0.15, 0.2) is 66.1 Å². The fourth-order valence-corrected chi connectivity index (χ4v) is 8.23. The summed E-state index contributed by atoms with van der Waals surface area (Å²) in [5, 5.41) is 1.22. The molecule has 0 radical (unpaired) electrons. The summed E-state index contributed by atoms with van der Waals surface area (Å²) in [6.45, 7) is 19.3. The van der Waals surface area contributed by atoms with Crippen molar-refractivity contribution in [2.24, 2.45) is 0 Å². The SMILES string of the molecule is Cc1cc(OCCCS(C)(=O)=O)cc(C)c1-c1cccc(OCc2ccc(C=CS(=O)(=O)N(COCC[Si](C)(C)C)COCC[Si](C)(C)C)cc2)c1. The highest BCUT2D eigenvalue weighted by atomic mass is 32.2. The highest BCUT2D eigenvalue weighted by molar-refractivity contribution is 7.92. The lowest BCUT2D eigenvalue weighted by Crippen LogP contribution is -2.35. The normalized spacial score (nSPS) is 12.9. The van der Waals surface area contributed by atoms with Gasteiger partial charge in [-0.1, -0.05) is 75.7 Å². The third kappa shape index (κ3) is 16.5. The molecule has 3 rings (SSSR count). The Kier molecular flexibility index (Phi) is 16.4.